The number of hydrogen-bond acceptors (Lipinski definition) is 9. The second-order valence-corrected chi connectivity index (χ2v) is 6.45. The van der Waals surface area contributed by atoms with Crippen LogP contribution in [0, 0.1) is 0 Å². The molecule has 2 fully saturated rings. The maximum Gasteiger partial charge on any atom is 0.170 e. The van der Waals surface area contributed by atoms with E-state index in [1.807, 2.05) is 0 Å². The van der Waals surface area contributed by atoms with E-state index in [1.165, 1.54) is 0 Å². The van der Waals surface area contributed by atoms with Crippen molar-refractivity contribution in [2.24, 2.45) is 20.5 Å². The molecule has 1 aliphatic carbocycles. The van der Waals surface area contributed by atoms with Crippen molar-refractivity contribution in [3.63, 3.8) is 0 Å². The highest BCUT2D eigenvalue weighted by molar-refractivity contribution is 5.02. The maximum absolute atomic E-state index is 14.6. The van der Waals surface area contributed by atoms with Gasteiger partial charge in [-0.05, 0) is 28.5 Å². The molecule has 0 aromatic rings. The van der Waals surface area contributed by atoms with Gasteiger partial charge in [0.15, 0.2) is 6.29 Å². The van der Waals surface area contributed by atoms with Crippen LogP contribution in [0.15, 0.2) is 20.5 Å². The number of halogens is 1. The van der Waals surface area contributed by atoms with Crippen molar-refractivity contribution in [2.75, 3.05) is 6.54 Å². The molecule has 0 spiro atoms. The van der Waals surface area contributed by atoms with Crippen molar-refractivity contribution in [1.82, 2.24) is 0 Å². The SMILES string of the molecule is [N-]=[N+]=NC[C@H]1O[C@H](O[C@H]2[C@H](O)[C@@H](O)[C@H](N=[N+]=[N-])C[C@@H]2N=[N+]=[N-])[C@H](N=[N+]=[N-])[C@H](F)[C@@H]1O. The van der Waals surface area contributed by atoms with Crippen molar-refractivity contribution >= 4 is 0 Å². The molecule has 1 aliphatic heterocycles. The van der Waals surface area contributed by atoms with Crippen LogP contribution < -0.4 is 0 Å². The molecule has 162 valence electrons. The third kappa shape index (κ3) is 4.93. The molecule has 1 saturated carbocycles. The van der Waals surface area contributed by atoms with Crippen LogP contribution in [0.3, 0.4) is 0 Å². The molecule has 18 heteroatoms. The molecule has 1 saturated heterocycles. The molecule has 1 heterocycles. The third-order valence-electron chi connectivity index (χ3n) is 4.77. The molecule has 10 atom stereocenters. The van der Waals surface area contributed by atoms with Gasteiger partial charge in [0.05, 0.1) is 36.9 Å². The van der Waals surface area contributed by atoms with E-state index in [1.54, 1.807) is 0 Å². The van der Waals surface area contributed by atoms with Gasteiger partial charge in [-0.1, -0.05) is 20.5 Å². The van der Waals surface area contributed by atoms with Crippen molar-refractivity contribution < 1.29 is 29.2 Å². The van der Waals surface area contributed by atoms with Crippen LogP contribution in [-0.4, -0.2) is 83.0 Å². The highest BCUT2D eigenvalue weighted by Crippen LogP contribution is 2.33. The van der Waals surface area contributed by atoms with Crippen LogP contribution in [0.1, 0.15) is 6.42 Å². The van der Waals surface area contributed by atoms with Gasteiger partial charge in [-0.25, -0.2) is 4.39 Å². The Hall–Kier alpha value is -3.03. The quantitative estimate of drug-likeness (QED) is 0.306. The number of aliphatic hydroxyl groups is 3. The number of hydrogen-bond donors (Lipinski definition) is 3. The first kappa shape index (κ1) is 23.3. The molecule has 17 nitrogen and oxygen atoms in total. The van der Waals surface area contributed by atoms with Crippen LogP contribution in [-0.2, 0) is 9.47 Å². The topological polar surface area (TPSA) is 274 Å². The monoisotopic (exact) mass is 428 g/mol. The lowest BCUT2D eigenvalue weighted by atomic mass is 9.84. The van der Waals surface area contributed by atoms with E-state index < -0.39 is 67.7 Å². The second kappa shape index (κ2) is 10.7. The average molecular weight is 428 g/mol. The van der Waals surface area contributed by atoms with Gasteiger partial charge in [-0.15, -0.1) is 0 Å². The highest BCUT2D eigenvalue weighted by Gasteiger charge is 2.50. The summed E-state index contributed by atoms with van der Waals surface area (Å²) in [6.45, 7) is -0.477. The molecular formula is C12H17FN12O5. The summed E-state index contributed by atoms with van der Waals surface area (Å²) in [7, 11) is 0. The van der Waals surface area contributed by atoms with Gasteiger partial charge in [-0.2, -0.15) is 0 Å². The predicted octanol–water partition coefficient (Wildman–Crippen LogP) is 1.27. The van der Waals surface area contributed by atoms with E-state index in [4.69, 9.17) is 31.6 Å². The van der Waals surface area contributed by atoms with Gasteiger partial charge in [0, 0.05) is 19.6 Å². The lowest BCUT2D eigenvalue weighted by molar-refractivity contribution is -0.280. The lowest BCUT2D eigenvalue weighted by Gasteiger charge is -2.44. The summed E-state index contributed by atoms with van der Waals surface area (Å²) in [5.74, 6) is 0. The van der Waals surface area contributed by atoms with Gasteiger partial charge in [0.1, 0.15) is 24.4 Å². The molecule has 0 radical (unpaired) electrons. The highest BCUT2D eigenvalue weighted by atomic mass is 19.1. The molecule has 0 aromatic carbocycles. The second-order valence-electron chi connectivity index (χ2n) is 6.45. The van der Waals surface area contributed by atoms with Gasteiger partial charge in [-0.3, -0.25) is 0 Å². The van der Waals surface area contributed by atoms with Crippen LogP contribution in [0.5, 0.6) is 0 Å². The first-order chi connectivity index (χ1) is 14.4. The Bertz CT molecular complexity index is 805. The fraction of sp³-hybridized carbons (Fsp3) is 1.00. The minimum Gasteiger partial charge on any atom is -0.390 e. The Labute approximate surface area is 166 Å². The molecule has 0 amide bonds. The first-order valence-electron chi connectivity index (χ1n) is 8.52. The van der Waals surface area contributed by atoms with Crippen LogP contribution in [0.2, 0.25) is 0 Å². The minimum absolute atomic E-state index is 0.209. The lowest BCUT2D eigenvalue weighted by Crippen LogP contribution is -2.61. The van der Waals surface area contributed by atoms with E-state index in [9.17, 15) is 19.7 Å². The van der Waals surface area contributed by atoms with E-state index in [0.717, 1.165) is 0 Å². The van der Waals surface area contributed by atoms with Crippen molar-refractivity contribution in [3.8, 4) is 0 Å². The predicted molar refractivity (Wildman–Crippen MR) is 93.9 cm³/mol. The summed E-state index contributed by atoms with van der Waals surface area (Å²) in [6.07, 6.45) is -12.1. The molecule has 0 bridgehead atoms. The summed E-state index contributed by atoms with van der Waals surface area (Å²) in [5.41, 5.74) is 34.5. The number of rotatable bonds is 7. The zero-order valence-corrected chi connectivity index (χ0v) is 15.1. The number of alkyl halides is 1. The molecule has 0 aromatic heterocycles. The van der Waals surface area contributed by atoms with Gasteiger partial charge in [0.25, 0.3) is 0 Å². The smallest absolute Gasteiger partial charge is 0.170 e. The molecule has 0 unspecified atom stereocenters. The van der Waals surface area contributed by atoms with E-state index in [-0.39, 0.29) is 6.42 Å². The number of aliphatic hydroxyl groups excluding tert-OH is 3. The minimum atomic E-state index is -2.18. The summed E-state index contributed by atoms with van der Waals surface area (Å²) in [6, 6.07) is -4.01. The molecule has 2 aliphatic rings. The van der Waals surface area contributed by atoms with E-state index in [0.29, 0.717) is 0 Å². The molecule has 30 heavy (non-hydrogen) atoms. The molecular weight excluding hydrogens is 411 g/mol. The molecule has 3 N–H and O–H groups in total. The fourth-order valence-electron chi connectivity index (χ4n) is 3.31. The summed E-state index contributed by atoms with van der Waals surface area (Å²) in [4.78, 5) is 10.1. The summed E-state index contributed by atoms with van der Waals surface area (Å²) < 4.78 is 25.5. The Morgan fingerprint density at radius 3 is 2.13 bits per heavy atom. The number of ether oxygens (including phenoxy) is 2. The summed E-state index contributed by atoms with van der Waals surface area (Å²) in [5, 5.41) is 43.7. The van der Waals surface area contributed by atoms with Crippen molar-refractivity contribution in [1.29, 1.82) is 0 Å². The standard InChI is InChI=1S/C12H17FN12O5/c13-6-7(21-25-17)12(29-5(9(6)27)2-18-22-14)30-11-4(20-24-16)1-3(19-23-15)8(26)10(11)28/h3-12,26-28H,1-2H2/t3-,4+,5-,6+,7-,8+,9-,10-,11-,12-/m1/s1. The maximum atomic E-state index is 14.6. The fourth-order valence-corrected chi connectivity index (χ4v) is 3.31. The zero-order chi connectivity index (χ0) is 22.3. The Morgan fingerprint density at radius 2 is 1.53 bits per heavy atom. The van der Waals surface area contributed by atoms with Gasteiger partial charge in [0.2, 0.25) is 0 Å². The number of nitrogens with zero attached hydrogens (tertiary/aromatic N) is 12. The van der Waals surface area contributed by atoms with Gasteiger partial charge < -0.3 is 24.8 Å². The van der Waals surface area contributed by atoms with Crippen molar-refractivity contribution in [3.05, 3.63) is 41.8 Å². The summed E-state index contributed by atoms with van der Waals surface area (Å²) >= 11 is 0. The Morgan fingerprint density at radius 1 is 0.900 bits per heavy atom. The normalized spacial score (nSPS) is 40.7. The van der Waals surface area contributed by atoms with Gasteiger partial charge >= 0.3 is 0 Å². The Kier molecular flexibility index (Phi) is 8.26. The zero-order valence-electron chi connectivity index (χ0n) is 15.1. The van der Waals surface area contributed by atoms with Crippen LogP contribution in [0.4, 0.5) is 4.39 Å². The van der Waals surface area contributed by atoms with E-state index >= 15 is 0 Å². The third-order valence-corrected chi connectivity index (χ3v) is 4.77. The van der Waals surface area contributed by atoms with Crippen molar-refractivity contribution in [2.45, 2.75) is 67.5 Å². The van der Waals surface area contributed by atoms with E-state index in [2.05, 4.69) is 40.1 Å². The van der Waals surface area contributed by atoms with Crippen LogP contribution >= 0.6 is 0 Å². The average Bonchev–Trinajstić information content (AvgIpc) is 2.73. The largest absolute Gasteiger partial charge is 0.390 e. The first-order valence-corrected chi connectivity index (χ1v) is 8.52. The molecule has 2 rings (SSSR count). The Balaban J connectivity index is 2.33. The van der Waals surface area contributed by atoms with Crippen LogP contribution in [0.25, 0.3) is 41.8 Å². The number of azide groups is 4.